The zero-order valence-electron chi connectivity index (χ0n) is 17.1. The summed E-state index contributed by atoms with van der Waals surface area (Å²) in [6, 6.07) is 11.0. The van der Waals surface area contributed by atoms with Crippen LogP contribution >= 0.6 is 0 Å². The first-order chi connectivity index (χ1) is 12.2. The maximum Gasteiger partial charge on any atom is 0.0319 e. The zero-order chi connectivity index (χ0) is 19.0. The summed E-state index contributed by atoms with van der Waals surface area (Å²) in [4.78, 5) is 2.63. The van der Waals surface area contributed by atoms with E-state index in [-0.39, 0.29) is 0 Å². The fourth-order valence-electron chi connectivity index (χ4n) is 3.13. The molecule has 1 aliphatic heterocycles. The van der Waals surface area contributed by atoms with Gasteiger partial charge in [0.25, 0.3) is 0 Å². The Balaban J connectivity index is 0.00000134. The van der Waals surface area contributed by atoms with Crippen molar-refractivity contribution in [3.8, 4) is 0 Å². The summed E-state index contributed by atoms with van der Waals surface area (Å²) in [6.07, 6.45) is 8.08. The van der Waals surface area contributed by atoms with Gasteiger partial charge in [0, 0.05) is 13.7 Å². The minimum Gasteiger partial charge on any atom is -0.400 e. The van der Waals surface area contributed by atoms with Gasteiger partial charge in [-0.15, -0.1) is 0 Å². The number of allylic oxidation sites excluding steroid dienone is 1. The van der Waals surface area contributed by atoms with Crippen molar-refractivity contribution in [3.63, 3.8) is 0 Å². The Labute approximate surface area is 156 Å². The molecule has 0 unspecified atom stereocenters. The van der Waals surface area contributed by atoms with Crippen LogP contribution in [0.4, 0.5) is 0 Å². The van der Waals surface area contributed by atoms with Gasteiger partial charge in [-0.05, 0) is 63.3 Å². The number of nitrogens with zero attached hydrogens (tertiary/aromatic N) is 1. The van der Waals surface area contributed by atoms with E-state index in [2.05, 4.69) is 66.5 Å². The standard InChI is InChI=1S/C19H30N2.C2H6.CH4O/c1-3-4-13-20-14-8-15-21-16-11-19(2,12-17-21)18-9-6-5-7-10-18;2*1-2/h3-7,9-10,20H,8,11-17H2,1-2H3;1-2H3;2H,1H3/b4-3-;;. The Bertz CT molecular complexity index is 423. The van der Waals surface area contributed by atoms with E-state index in [9.17, 15) is 0 Å². The summed E-state index contributed by atoms with van der Waals surface area (Å²) >= 11 is 0. The van der Waals surface area contributed by atoms with Crippen molar-refractivity contribution < 1.29 is 5.11 Å². The number of hydrogen-bond acceptors (Lipinski definition) is 3. The zero-order valence-corrected chi connectivity index (χ0v) is 17.1. The average Bonchev–Trinajstić information content (AvgIpc) is 2.70. The van der Waals surface area contributed by atoms with Crippen LogP contribution in [-0.4, -0.2) is 49.8 Å². The summed E-state index contributed by atoms with van der Waals surface area (Å²) in [5, 5.41) is 10.5. The van der Waals surface area contributed by atoms with Gasteiger partial charge in [0.1, 0.15) is 0 Å². The molecule has 1 heterocycles. The van der Waals surface area contributed by atoms with Crippen LogP contribution in [0.3, 0.4) is 0 Å². The van der Waals surface area contributed by atoms with Gasteiger partial charge in [-0.1, -0.05) is 63.3 Å². The highest BCUT2D eigenvalue weighted by molar-refractivity contribution is 5.25. The van der Waals surface area contributed by atoms with Crippen molar-refractivity contribution >= 4 is 0 Å². The SMILES string of the molecule is C/C=C\CNCCCN1CCC(C)(c2ccccc2)CC1.CC.CO. The van der Waals surface area contributed by atoms with Gasteiger partial charge in [-0.2, -0.15) is 0 Å². The molecular weight excluding hydrogens is 308 g/mol. The number of nitrogens with one attached hydrogen (secondary N) is 1. The van der Waals surface area contributed by atoms with E-state index in [1.807, 2.05) is 13.8 Å². The first kappa shape index (κ1) is 23.8. The van der Waals surface area contributed by atoms with Crippen molar-refractivity contribution in [2.45, 2.75) is 52.4 Å². The molecule has 0 saturated carbocycles. The Hall–Kier alpha value is -1.16. The predicted octanol–water partition coefficient (Wildman–Crippen LogP) is 4.23. The second-order valence-electron chi connectivity index (χ2n) is 6.40. The maximum atomic E-state index is 7.00. The van der Waals surface area contributed by atoms with Crippen molar-refractivity contribution in [2.24, 2.45) is 0 Å². The van der Waals surface area contributed by atoms with Gasteiger partial charge in [0.05, 0.1) is 0 Å². The average molecular weight is 349 g/mol. The molecule has 1 aliphatic rings. The molecule has 1 saturated heterocycles. The first-order valence-electron chi connectivity index (χ1n) is 9.79. The van der Waals surface area contributed by atoms with Gasteiger partial charge < -0.3 is 15.3 Å². The third kappa shape index (κ3) is 9.20. The monoisotopic (exact) mass is 348 g/mol. The molecule has 3 heteroatoms. The van der Waals surface area contributed by atoms with Gasteiger partial charge in [0.15, 0.2) is 0 Å². The van der Waals surface area contributed by atoms with Gasteiger partial charge in [-0.3, -0.25) is 0 Å². The summed E-state index contributed by atoms with van der Waals surface area (Å²) in [7, 11) is 1.00. The lowest BCUT2D eigenvalue weighted by Crippen LogP contribution is -2.41. The number of likely N-dealkylation sites (tertiary alicyclic amines) is 1. The third-order valence-corrected chi connectivity index (χ3v) is 4.76. The molecule has 3 nitrogen and oxygen atoms in total. The van der Waals surface area contributed by atoms with Crippen molar-refractivity contribution in [3.05, 3.63) is 48.0 Å². The normalized spacial score (nSPS) is 16.6. The lowest BCUT2D eigenvalue weighted by atomic mass is 9.74. The summed E-state index contributed by atoms with van der Waals surface area (Å²) in [5.41, 5.74) is 1.89. The molecule has 144 valence electrons. The second-order valence-corrected chi connectivity index (χ2v) is 6.40. The molecule has 0 amide bonds. The van der Waals surface area contributed by atoms with E-state index in [0.29, 0.717) is 5.41 Å². The smallest absolute Gasteiger partial charge is 0.0319 e. The van der Waals surface area contributed by atoms with E-state index in [1.54, 1.807) is 0 Å². The lowest BCUT2D eigenvalue weighted by molar-refractivity contribution is 0.167. The first-order valence-corrected chi connectivity index (χ1v) is 9.79. The number of rotatable bonds is 7. The number of benzene rings is 1. The fraction of sp³-hybridized carbons (Fsp3) is 0.636. The molecule has 25 heavy (non-hydrogen) atoms. The van der Waals surface area contributed by atoms with Crippen molar-refractivity contribution in [1.82, 2.24) is 10.2 Å². The lowest BCUT2D eigenvalue weighted by Gasteiger charge is -2.40. The topological polar surface area (TPSA) is 35.5 Å². The minimum atomic E-state index is 0.377. The van der Waals surface area contributed by atoms with E-state index in [1.165, 1.54) is 44.5 Å². The molecule has 2 rings (SSSR count). The minimum absolute atomic E-state index is 0.377. The van der Waals surface area contributed by atoms with Crippen LogP contribution in [0, 0.1) is 0 Å². The van der Waals surface area contributed by atoms with E-state index in [0.717, 1.165) is 20.2 Å². The summed E-state index contributed by atoms with van der Waals surface area (Å²) in [6.45, 7) is 14.3. The van der Waals surface area contributed by atoms with Crippen LogP contribution in [0.1, 0.15) is 52.5 Å². The summed E-state index contributed by atoms with van der Waals surface area (Å²) in [5.74, 6) is 0. The second kappa shape index (κ2) is 15.1. The van der Waals surface area contributed by atoms with Gasteiger partial charge >= 0.3 is 0 Å². The van der Waals surface area contributed by atoms with Gasteiger partial charge in [-0.25, -0.2) is 0 Å². The van der Waals surface area contributed by atoms with Crippen molar-refractivity contribution in [2.75, 3.05) is 39.8 Å². The van der Waals surface area contributed by atoms with E-state index >= 15 is 0 Å². The van der Waals surface area contributed by atoms with Crippen LogP contribution in [0.25, 0.3) is 0 Å². The fourth-order valence-corrected chi connectivity index (χ4v) is 3.13. The van der Waals surface area contributed by atoms with Crippen molar-refractivity contribution in [1.29, 1.82) is 0 Å². The highest BCUT2D eigenvalue weighted by Crippen LogP contribution is 2.34. The quantitative estimate of drug-likeness (QED) is 0.572. The molecule has 1 fully saturated rings. The Morgan fingerprint density at radius 1 is 1.12 bits per heavy atom. The largest absolute Gasteiger partial charge is 0.400 e. The van der Waals surface area contributed by atoms with Crippen LogP contribution in [0.15, 0.2) is 42.5 Å². The molecule has 0 spiro atoms. The Kier molecular flexibility index (Phi) is 14.4. The summed E-state index contributed by atoms with van der Waals surface area (Å²) < 4.78 is 0. The van der Waals surface area contributed by atoms with E-state index in [4.69, 9.17) is 5.11 Å². The molecule has 1 aromatic carbocycles. The van der Waals surface area contributed by atoms with Gasteiger partial charge in [0.2, 0.25) is 0 Å². The molecule has 0 radical (unpaired) electrons. The number of aliphatic hydroxyl groups is 1. The molecule has 0 aromatic heterocycles. The molecule has 2 N–H and O–H groups in total. The predicted molar refractivity (Wildman–Crippen MR) is 111 cm³/mol. The van der Waals surface area contributed by atoms with Crippen LogP contribution in [-0.2, 0) is 5.41 Å². The Morgan fingerprint density at radius 3 is 2.28 bits per heavy atom. The molecule has 1 aromatic rings. The molecule has 0 aliphatic carbocycles. The van der Waals surface area contributed by atoms with Crippen LogP contribution < -0.4 is 5.32 Å². The maximum absolute atomic E-state index is 7.00. The van der Waals surface area contributed by atoms with Crippen LogP contribution in [0.5, 0.6) is 0 Å². The Morgan fingerprint density at radius 2 is 1.72 bits per heavy atom. The highest BCUT2D eigenvalue weighted by atomic mass is 16.2. The molecule has 0 atom stereocenters. The van der Waals surface area contributed by atoms with E-state index < -0.39 is 0 Å². The third-order valence-electron chi connectivity index (χ3n) is 4.76. The number of piperidine rings is 1. The van der Waals surface area contributed by atoms with Crippen LogP contribution in [0.2, 0.25) is 0 Å². The highest BCUT2D eigenvalue weighted by Gasteiger charge is 2.31. The molecule has 0 bridgehead atoms. The number of aliphatic hydroxyl groups excluding tert-OH is 1. The molecular formula is C22H40N2O. The number of hydrogen-bond donors (Lipinski definition) is 2.